The first kappa shape index (κ1) is 17.5. The number of nitrogens with one attached hydrogen (secondary N) is 1. The fourth-order valence-electron chi connectivity index (χ4n) is 2.55. The Morgan fingerprint density at radius 3 is 2.87 bits per heavy atom. The van der Waals surface area contributed by atoms with E-state index in [1.807, 2.05) is 18.4 Å². The van der Waals surface area contributed by atoms with Crippen LogP contribution in [0.25, 0.3) is 11.2 Å². The summed E-state index contributed by atoms with van der Waals surface area (Å²) in [7, 11) is 0. The average Bonchev–Trinajstić information content (AvgIpc) is 3.02. The molecule has 7 heteroatoms. The minimum Gasteiger partial charge on any atom is -0.382 e. The summed E-state index contributed by atoms with van der Waals surface area (Å²) in [6.07, 6.45) is 7.21. The van der Waals surface area contributed by atoms with E-state index in [1.54, 1.807) is 6.33 Å². The van der Waals surface area contributed by atoms with Crippen LogP contribution in [0.4, 0.5) is 11.8 Å². The predicted molar refractivity (Wildman–Crippen MR) is 93.3 cm³/mol. The average molecular weight is 320 g/mol. The first-order valence-corrected chi connectivity index (χ1v) is 8.65. The van der Waals surface area contributed by atoms with Crippen molar-refractivity contribution in [1.29, 1.82) is 0 Å². The SMILES string of the molecule is CC.CCCCNc1nc(N)c2ncn(C3CCCCO3)c2n1. The Hall–Kier alpha value is -1.89. The number of nitrogens with zero attached hydrogens (tertiary/aromatic N) is 4. The zero-order chi connectivity index (χ0) is 16.7. The second kappa shape index (κ2) is 8.67. The lowest BCUT2D eigenvalue weighted by Crippen LogP contribution is -2.18. The van der Waals surface area contributed by atoms with Gasteiger partial charge in [-0.05, 0) is 25.7 Å². The summed E-state index contributed by atoms with van der Waals surface area (Å²) < 4.78 is 7.78. The van der Waals surface area contributed by atoms with E-state index in [0.29, 0.717) is 17.3 Å². The normalized spacial score (nSPS) is 17.6. The lowest BCUT2D eigenvalue weighted by atomic mass is 10.2. The highest BCUT2D eigenvalue weighted by atomic mass is 16.5. The smallest absolute Gasteiger partial charge is 0.226 e. The molecule has 2 aromatic heterocycles. The van der Waals surface area contributed by atoms with Gasteiger partial charge in [0.1, 0.15) is 11.7 Å². The number of fused-ring (bicyclic) bond motifs is 1. The van der Waals surface area contributed by atoms with Gasteiger partial charge >= 0.3 is 0 Å². The molecule has 0 spiro atoms. The third-order valence-electron chi connectivity index (χ3n) is 3.73. The quantitative estimate of drug-likeness (QED) is 0.821. The summed E-state index contributed by atoms with van der Waals surface area (Å²) >= 11 is 0. The fraction of sp³-hybridized carbons (Fsp3) is 0.688. The molecule has 1 atom stereocenters. The largest absolute Gasteiger partial charge is 0.382 e. The summed E-state index contributed by atoms with van der Waals surface area (Å²) in [4.78, 5) is 13.2. The lowest BCUT2D eigenvalue weighted by molar-refractivity contribution is -0.0298. The first-order valence-electron chi connectivity index (χ1n) is 8.65. The van der Waals surface area contributed by atoms with Crippen LogP contribution in [0.2, 0.25) is 0 Å². The van der Waals surface area contributed by atoms with Crippen molar-refractivity contribution in [3.63, 3.8) is 0 Å². The van der Waals surface area contributed by atoms with E-state index in [0.717, 1.165) is 50.9 Å². The number of rotatable bonds is 5. The molecular formula is C16H28N6O. The summed E-state index contributed by atoms with van der Waals surface area (Å²) in [6, 6.07) is 0. The van der Waals surface area contributed by atoms with Crippen LogP contribution in [0, 0.1) is 0 Å². The maximum Gasteiger partial charge on any atom is 0.226 e. The number of hydrogen-bond donors (Lipinski definition) is 2. The van der Waals surface area contributed by atoms with Crippen LogP contribution in [0.5, 0.6) is 0 Å². The summed E-state index contributed by atoms with van der Waals surface area (Å²) in [5.74, 6) is 0.972. The molecule has 3 heterocycles. The maximum absolute atomic E-state index is 6.00. The molecule has 0 saturated carbocycles. The van der Waals surface area contributed by atoms with Gasteiger partial charge in [-0.15, -0.1) is 0 Å². The van der Waals surface area contributed by atoms with Crippen molar-refractivity contribution in [3.05, 3.63) is 6.33 Å². The van der Waals surface area contributed by atoms with E-state index in [9.17, 15) is 0 Å². The number of aromatic nitrogens is 4. The van der Waals surface area contributed by atoms with Gasteiger partial charge < -0.3 is 15.8 Å². The minimum absolute atomic E-state index is 0.00143. The first-order chi connectivity index (χ1) is 11.3. The van der Waals surface area contributed by atoms with Gasteiger partial charge in [-0.25, -0.2) is 4.98 Å². The number of ether oxygens (including phenoxy) is 1. The summed E-state index contributed by atoms with van der Waals surface area (Å²) in [5, 5.41) is 3.21. The molecule has 2 aromatic rings. The molecule has 0 amide bonds. The molecule has 0 bridgehead atoms. The van der Waals surface area contributed by atoms with Gasteiger partial charge in [-0.2, -0.15) is 9.97 Å². The molecule has 1 unspecified atom stereocenters. The molecule has 1 aliphatic heterocycles. The van der Waals surface area contributed by atoms with Crippen molar-refractivity contribution < 1.29 is 4.74 Å². The Morgan fingerprint density at radius 2 is 2.17 bits per heavy atom. The number of hydrogen-bond acceptors (Lipinski definition) is 6. The molecule has 128 valence electrons. The van der Waals surface area contributed by atoms with Crippen LogP contribution >= 0.6 is 0 Å². The highest BCUT2D eigenvalue weighted by molar-refractivity contribution is 5.82. The molecule has 0 radical (unpaired) electrons. The molecule has 1 aliphatic rings. The second-order valence-electron chi connectivity index (χ2n) is 5.36. The Balaban J connectivity index is 0.000000924. The maximum atomic E-state index is 6.00. The number of anilines is 2. The van der Waals surface area contributed by atoms with Gasteiger partial charge in [-0.1, -0.05) is 27.2 Å². The number of unbranched alkanes of at least 4 members (excludes halogenated alkanes) is 1. The fourth-order valence-corrected chi connectivity index (χ4v) is 2.55. The number of nitrogen functional groups attached to an aromatic ring is 1. The van der Waals surface area contributed by atoms with Crippen LogP contribution in [-0.2, 0) is 4.74 Å². The monoisotopic (exact) mass is 320 g/mol. The van der Waals surface area contributed by atoms with E-state index in [4.69, 9.17) is 10.5 Å². The van der Waals surface area contributed by atoms with Crippen molar-refractivity contribution in [2.75, 3.05) is 24.2 Å². The second-order valence-corrected chi connectivity index (χ2v) is 5.36. The van der Waals surface area contributed by atoms with Crippen molar-refractivity contribution in [2.45, 2.75) is 59.1 Å². The van der Waals surface area contributed by atoms with Crippen LogP contribution in [-0.4, -0.2) is 32.7 Å². The molecule has 1 saturated heterocycles. The Bertz CT molecular complexity index is 606. The summed E-state index contributed by atoms with van der Waals surface area (Å²) in [6.45, 7) is 7.78. The standard InChI is InChI=1S/C14H22N6O.C2H6/c1-2-3-7-16-14-18-12(15)11-13(19-14)20(9-17-11)10-6-4-5-8-21-10;1-2/h9-10H,2-8H2,1H3,(H3,15,16,18,19);1-2H3. The molecule has 0 aliphatic carbocycles. The number of nitrogens with two attached hydrogens (primary N) is 1. The third kappa shape index (κ3) is 4.10. The highest BCUT2D eigenvalue weighted by Crippen LogP contribution is 2.27. The van der Waals surface area contributed by atoms with Crippen LogP contribution in [0.1, 0.15) is 59.1 Å². The van der Waals surface area contributed by atoms with E-state index >= 15 is 0 Å². The molecule has 3 rings (SSSR count). The lowest BCUT2D eigenvalue weighted by Gasteiger charge is -2.23. The summed E-state index contributed by atoms with van der Waals surface area (Å²) in [5.41, 5.74) is 7.38. The Morgan fingerprint density at radius 1 is 1.35 bits per heavy atom. The van der Waals surface area contributed by atoms with Crippen LogP contribution in [0.3, 0.4) is 0 Å². The van der Waals surface area contributed by atoms with Crippen molar-refractivity contribution >= 4 is 22.9 Å². The van der Waals surface area contributed by atoms with Gasteiger partial charge in [0.05, 0.1) is 6.33 Å². The minimum atomic E-state index is 0.00143. The van der Waals surface area contributed by atoms with E-state index in [2.05, 4.69) is 27.2 Å². The molecule has 7 nitrogen and oxygen atoms in total. The zero-order valence-corrected chi connectivity index (χ0v) is 14.4. The predicted octanol–water partition coefficient (Wildman–Crippen LogP) is 3.35. The van der Waals surface area contributed by atoms with E-state index in [-0.39, 0.29) is 6.23 Å². The van der Waals surface area contributed by atoms with Crippen molar-refractivity contribution in [1.82, 2.24) is 19.5 Å². The van der Waals surface area contributed by atoms with Crippen LogP contribution in [0.15, 0.2) is 6.33 Å². The van der Waals surface area contributed by atoms with Gasteiger partial charge in [0.25, 0.3) is 0 Å². The highest BCUT2D eigenvalue weighted by Gasteiger charge is 2.20. The molecule has 3 N–H and O–H groups in total. The molecule has 1 fully saturated rings. The molecule has 0 aromatic carbocycles. The van der Waals surface area contributed by atoms with Gasteiger partial charge in [0.2, 0.25) is 5.95 Å². The van der Waals surface area contributed by atoms with Gasteiger partial charge in [0.15, 0.2) is 11.5 Å². The van der Waals surface area contributed by atoms with Gasteiger partial charge in [0, 0.05) is 13.2 Å². The third-order valence-corrected chi connectivity index (χ3v) is 3.73. The zero-order valence-electron chi connectivity index (χ0n) is 14.4. The Kier molecular flexibility index (Phi) is 6.58. The van der Waals surface area contributed by atoms with Crippen LogP contribution < -0.4 is 11.1 Å². The number of imidazole rings is 1. The van der Waals surface area contributed by atoms with Gasteiger partial charge in [-0.3, -0.25) is 4.57 Å². The van der Waals surface area contributed by atoms with Crippen molar-refractivity contribution in [2.24, 2.45) is 0 Å². The van der Waals surface area contributed by atoms with E-state index < -0.39 is 0 Å². The molecular weight excluding hydrogens is 292 g/mol. The van der Waals surface area contributed by atoms with E-state index in [1.165, 1.54) is 0 Å². The Labute approximate surface area is 137 Å². The topological polar surface area (TPSA) is 90.9 Å². The van der Waals surface area contributed by atoms with Crippen molar-refractivity contribution in [3.8, 4) is 0 Å². The molecule has 23 heavy (non-hydrogen) atoms.